The number of allylic oxidation sites excluding steroid dienone is 1. The lowest BCUT2D eigenvalue weighted by atomic mass is 9.63. The molecule has 0 spiro atoms. The standard InChI is InChI=1S/C27H46O2/c1-5-6-7-8-13-25(28)29-24-16-19-26(3)17-10-18-27(4)21(2)14-15-22(27)11-9-12-23(26)20-24/h12,21-22,24H,5-11,13-20H2,1-4H3/t21-,22?,24-,26-,27+/m0/s1. The van der Waals surface area contributed by atoms with Gasteiger partial charge in [0.05, 0.1) is 0 Å². The third kappa shape index (κ3) is 5.47. The summed E-state index contributed by atoms with van der Waals surface area (Å²) in [5.41, 5.74) is 2.49. The van der Waals surface area contributed by atoms with Gasteiger partial charge in [0.15, 0.2) is 0 Å². The van der Waals surface area contributed by atoms with Gasteiger partial charge in [0.25, 0.3) is 0 Å². The topological polar surface area (TPSA) is 26.3 Å². The van der Waals surface area contributed by atoms with E-state index < -0.39 is 0 Å². The summed E-state index contributed by atoms with van der Waals surface area (Å²) in [6.07, 6.45) is 20.5. The molecule has 2 nitrogen and oxygen atoms in total. The Morgan fingerprint density at radius 2 is 1.90 bits per heavy atom. The number of ether oxygens (including phenoxy) is 1. The van der Waals surface area contributed by atoms with Gasteiger partial charge in [0.1, 0.15) is 6.10 Å². The number of carbonyl (C=O) groups is 1. The highest BCUT2D eigenvalue weighted by atomic mass is 16.5. The van der Waals surface area contributed by atoms with Crippen molar-refractivity contribution in [3.8, 4) is 0 Å². The van der Waals surface area contributed by atoms with E-state index in [4.69, 9.17) is 4.74 Å². The van der Waals surface area contributed by atoms with Crippen LogP contribution in [0.5, 0.6) is 0 Å². The molecule has 0 N–H and O–H groups in total. The highest BCUT2D eigenvalue weighted by Crippen LogP contribution is 2.55. The van der Waals surface area contributed by atoms with Crippen molar-refractivity contribution < 1.29 is 9.53 Å². The number of carbonyl (C=O) groups excluding carboxylic acids is 1. The summed E-state index contributed by atoms with van der Waals surface area (Å²) in [6, 6.07) is 0. The van der Waals surface area contributed by atoms with E-state index in [1.807, 2.05) is 0 Å². The molecule has 0 aromatic carbocycles. The minimum Gasteiger partial charge on any atom is -0.462 e. The van der Waals surface area contributed by atoms with E-state index in [1.54, 1.807) is 5.57 Å². The molecule has 0 aliphatic heterocycles. The Labute approximate surface area is 180 Å². The Balaban J connectivity index is 1.59. The van der Waals surface area contributed by atoms with Crippen molar-refractivity contribution in [1.82, 2.24) is 0 Å². The molecule has 0 radical (unpaired) electrons. The Morgan fingerprint density at radius 1 is 1.07 bits per heavy atom. The second kappa shape index (κ2) is 10.0. The van der Waals surface area contributed by atoms with Crippen molar-refractivity contribution in [3.63, 3.8) is 0 Å². The summed E-state index contributed by atoms with van der Waals surface area (Å²) in [6.45, 7) is 9.77. The number of hydrogen-bond donors (Lipinski definition) is 0. The van der Waals surface area contributed by atoms with Crippen LogP contribution in [-0.4, -0.2) is 12.1 Å². The summed E-state index contributed by atoms with van der Waals surface area (Å²) in [5.74, 6) is 1.82. The molecule has 1 unspecified atom stereocenters. The summed E-state index contributed by atoms with van der Waals surface area (Å²) < 4.78 is 5.91. The van der Waals surface area contributed by atoms with Crippen LogP contribution in [0.1, 0.15) is 124 Å². The van der Waals surface area contributed by atoms with E-state index in [0.29, 0.717) is 17.3 Å². The summed E-state index contributed by atoms with van der Waals surface area (Å²) in [4.78, 5) is 12.3. The van der Waals surface area contributed by atoms with Crippen molar-refractivity contribution in [1.29, 1.82) is 0 Å². The van der Waals surface area contributed by atoms with Gasteiger partial charge >= 0.3 is 5.97 Å². The summed E-state index contributed by atoms with van der Waals surface area (Å²) in [5, 5.41) is 0. The molecule has 0 amide bonds. The zero-order valence-electron chi connectivity index (χ0n) is 19.7. The van der Waals surface area contributed by atoms with Crippen LogP contribution in [0.2, 0.25) is 0 Å². The maximum atomic E-state index is 12.3. The minimum atomic E-state index is 0.0332. The third-order valence-electron chi connectivity index (χ3n) is 9.13. The SMILES string of the molecule is CCCCCCC(=O)O[C@H]1CC[C@]2(C)CCC[C@@]3(C)C(CCC=C2C1)CC[C@@H]3C. The smallest absolute Gasteiger partial charge is 0.306 e. The average molecular weight is 403 g/mol. The van der Waals surface area contributed by atoms with Crippen molar-refractivity contribution in [2.75, 3.05) is 0 Å². The highest BCUT2D eigenvalue weighted by Gasteiger charge is 2.44. The molecule has 0 aromatic rings. The van der Waals surface area contributed by atoms with Crippen LogP contribution in [0.4, 0.5) is 0 Å². The lowest BCUT2D eigenvalue weighted by Gasteiger charge is -2.43. The summed E-state index contributed by atoms with van der Waals surface area (Å²) >= 11 is 0. The van der Waals surface area contributed by atoms with E-state index in [2.05, 4.69) is 33.8 Å². The number of esters is 1. The van der Waals surface area contributed by atoms with Gasteiger partial charge in [-0.1, -0.05) is 65.0 Å². The van der Waals surface area contributed by atoms with Gasteiger partial charge in [-0.25, -0.2) is 0 Å². The molecular formula is C27H46O2. The van der Waals surface area contributed by atoms with Gasteiger partial charge in [0, 0.05) is 12.8 Å². The molecule has 0 heterocycles. The lowest BCUT2D eigenvalue weighted by Crippen LogP contribution is -2.34. The van der Waals surface area contributed by atoms with E-state index in [0.717, 1.165) is 37.5 Å². The van der Waals surface area contributed by atoms with Gasteiger partial charge in [-0.3, -0.25) is 4.79 Å². The number of rotatable bonds is 6. The quantitative estimate of drug-likeness (QED) is 0.255. The van der Waals surface area contributed by atoms with Crippen molar-refractivity contribution in [2.45, 2.75) is 130 Å². The van der Waals surface area contributed by atoms with Gasteiger partial charge in [-0.15, -0.1) is 0 Å². The fourth-order valence-electron chi connectivity index (χ4n) is 6.65. The molecule has 2 fully saturated rings. The Hall–Kier alpha value is -0.790. The van der Waals surface area contributed by atoms with Crippen LogP contribution < -0.4 is 0 Å². The minimum absolute atomic E-state index is 0.0332. The molecule has 5 atom stereocenters. The zero-order valence-corrected chi connectivity index (χ0v) is 19.7. The van der Waals surface area contributed by atoms with Crippen molar-refractivity contribution in [2.24, 2.45) is 22.7 Å². The van der Waals surface area contributed by atoms with E-state index in [1.165, 1.54) is 64.2 Å². The normalized spacial score (nSPS) is 37.9. The molecule has 0 aromatic heterocycles. The molecule has 29 heavy (non-hydrogen) atoms. The van der Waals surface area contributed by atoms with E-state index in [9.17, 15) is 4.79 Å². The second-order valence-corrected chi connectivity index (χ2v) is 11.1. The monoisotopic (exact) mass is 402 g/mol. The molecule has 3 aliphatic carbocycles. The molecule has 2 heteroatoms. The van der Waals surface area contributed by atoms with Gasteiger partial charge in [0.2, 0.25) is 0 Å². The summed E-state index contributed by atoms with van der Waals surface area (Å²) in [7, 11) is 0. The van der Waals surface area contributed by atoms with Crippen LogP contribution in [0.15, 0.2) is 11.6 Å². The van der Waals surface area contributed by atoms with Crippen LogP contribution in [-0.2, 0) is 9.53 Å². The molecule has 0 bridgehead atoms. The van der Waals surface area contributed by atoms with Gasteiger partial charge < -0.3 is 4.74 Å². The number of unbranched alkanes of at least 4 members (excludes halogenated alkanes) is 3. The van der Waals surface area contributed by atoms with Crippen LogP contribution >= 0.6 is 0 Å². The predicted octanol–water partition coefficient (Wildman–Crippen LogP) is 8.00. The van der Waals surface area contributed by atoms with Gasteiger partial charge in [-0.05, 0) is 80.5 Å². The molecule has 0 saturated heterocycles. The molecule has 3 aliphatic rings. The van der Waals surface area contributed by atoms with Crippen molar-refractivity contribution in [3.05, 3.63) is 11.6 Å². The first-order valence-electron chi connectivity index (χ1n) is 12.8. The average Bonchev–Trinajstić information content (AvgIpc) is 2.96. The van der Waals surface area contributed by atoms with Crippen LogP contribution in [0.3, 0.4) is 0 Å². The molecule has 2 saturated carbocycles. The first-order chi connectivity index (χ1) is 13.9. The largest absolute Gasteiger partial charge is 0.462 e. The van der Waals surface area contributed by atoms with Gasteiger partial charge in [-0.2, -0.15) is 0 Å². The van der Waals surface area contributed by atoms with E-state index in [-0.39, 0.29) is 12.1 Å². The van der Waals surface area contributed by atoms with E-state index >= 15 is 0 Å². The third-order valence-corrected chi connectivity index (χ3v) is 9.13. The number of hydrogen-bond acceptors (Lipinski definition) is 2. The Morgan fingerprint density at radius 3 is 2.69 bits per heavy atom. The van der Waals surface area contributed by atoms with Crippen molar-refractivity contribution >= 4 is 5.97 Å². The Kier molecular flexibility index (Phi) is 7.90. The predicted molar refractivity (Wildman–Crippen MR) is 122 cm³/mol. The second-order valence-electron chi connectivity index (χ2n) is 11.1. The molecular weight excluding hydrogens is 356 g/mol. The number of fused-ring (bicyclic) bond motifs is 2. The maximum Gasteiger partial charge on any atom is 0.306 e. The lowest BCUT2D eigenvalue weighted by molar-refractivity contribution is -0.150. The maximum absolute atomic E-state index is 12.3. The molecule has 3 rings (SSSR count). The zero-order chi connectivity index (χ0) is 20.9. The molecule has 166 valence electrons. The van der Waals surface area contributed by atoms with Crippen LogP contribution in [0.25, 0.3) is 0 Å². The Bertz CT molecular complexity index is 579. The van der Waals surface area contributed by atoms with Crippen LogP contribution in [0, 0.1) is 22.7 Å². The first kappa shape index (κ1) is 22.9. The first-order valence-corrected chi connectivity index (χ1v) is 12.8. The highest BCUT2D eigenvalue weighted by molar-refractivity contribution is 5.69. The fraction of sp³-hybridized carbons (Fsp3) is 0.889. The fourth-order valence-corrected chi connectivity index (χ4v) is 6.65.